The van der Waals surface area contributed by atoms with Crippen molar-refractivity contribution in [2.45, 2.75) is 13.0 Å². The van der Waals surface area contributed by atoms with Crippen LogP contribution in [0, 0.1) is 0 Å². The molecular formula is C25H22N4O2S. The molecule has 0 saturated heterocycles. The van der Waals surface area contributed by atoms with Crippen LogP contribution in [0.4, 0.5) is 5.95 Å². The number of ether oxygens (including phenoxy) is 2. The molecule has 0 fully saturated rings. The summed E-state index contributed by atoms with van der Waals surface area (Å²) in [5.41, 5.74) is 1.12. The SMILES string of the molecule is C[C@H](NC(=S)Nc1nc(Oc2ccccc2)cc(Oc2ccccc2)n1)c1ccccc1. The summed E-state index contributed by atoms with van der Waals surface area (Å²) in [6, 6.07) is 30.5. The van der Waals surface area contributed by atoms with Gasteiger partial charge in [-0.25, -0.2) is 0 Å². The highest BCUT2D eigenvalue weighted by Gasteiger charge is 2.12. The van der Waals surface area contributed by atoms with E-state index in [-0.39, 0.29) is 12.0 Å². The Labute approximate surface area is 192 Å². The summed E-state index contributed by atoms with van der Waals surface area (Å²) < 4.78 is 11.8. The largest absolute Gasteiger partial charge is 0.439 e. The minimum absolute atomic E-state index is 0.0139. The van der Waals surface area contributed by atoms with Gasteiger partial charge in [-0.2, -0.15) is 9.97 Å². The molecule has 0 amide bonds. The molecule has 4 rings (SSSR count). The van der Waals surface area contributed by atoms with Gasteiger partial charge in [-0.15, -0.1) is 0 Å². The summed E-state index contributed by atoms with van der Waals surface area (Å²) >= 11 is 5.47. The first-order valence-electron chi connectivity index (χ1n) is 10.1. The minimum atomic E-state index is 0.0139. The maximum atomic E-state index is 5.89. The second-order valence-corrected chi connectivity index (χ2v) is 7.34. The summed E-state index contributed by atoms with van der Waals surface area (Å²) in [7, 11) is 0. The first kappa shape index (κ1) is 21.3. The normalized spacial score (nSPS) is 11.3. The van der Waals surface area contributed by atoms with Gasteiger partial charge < -0.3 is 20.1 Å². The molecule has 0 saturated carbocycles. The number of benzene rings is 3. The van der Waals surface area contributed by atoms with Crippen molar-refractivity contribution in [3.05, 3.63) is 103 Å². The Hall–Kier alpha value is -3.97. The van der Waals surface area contributed by atoms with E-state index < -0.39 is 0 Å². The van der Waals surface area contributed by atoms with Crippen molar-refractivity contribution >= 4 is 23.3 Å². The molecule has 0 unspecified atom stereocenters. The lowest BCUT2D eigenvalue weighted by atomic mass is 10.1. The van der Waals surface area contributed by atoms with Crippen LogP contribution in [0.2, 0.25) is 0 Å². The highest BCUT2D eigenvalue weighted by Crippen LogP contribution is 2.27. The molecule has 4 aromatic rings. The number of nitrogens with zero attached hydrogens (tertiary/aromatic N) is 2. The molecule has 0 radical (unpaired) electrons. The van der Waals surface area contributed by atoms with Crippen LogP contribution in [-0.2, 0) is 0 Å². The third-order valence-electron chi connectivity index (χ3n) is 4.48. The lowest BCUT2D eigenvalue weighted by molar-refractivity contribution is 0.435. The number of anilines is 1. The van der Waals surface area contributed by atoms with Gasteiger partial charge in [0, 0.05) is 0 Å². The summed E-state index contributed by atoms with van der Waals surface area (Å²) in [4.78, 5) is 8.88. The number of nitrogens with one attached hydrogen (secondary N) is 2. The Morgan fingerprint density at radius 3 is 1.72 bits per heavy atom. The average Bonchev–Trinajstić information content (AvgIpc) is 2.81. The number of para-hydroxylation sites is 2. The first-order chi connectivity index (χ1) is 15.7. The maximum absolute atomic E-state index is 5.89. The van der Waals surface area contributed by atoms with Crippen LogP contribution in [0.1, 0.15) is 18.5 Å². The van der Waals surface area contributed by atoms with E-state index in [0.717, 1.165) is 5.56 Å². The molecule has 0 aliphatic heterocycles. The Kier molecular flexibility index (Phi) is 6.89. The molecule has 0 spiro atoms. The van der Waals surface area contributed by atoms with Gasteiger partial charge in [0.05, 0.1) is 12.1 Å². The van der Waals surface area contributed by atoms with Crippen LogP contribution in [0.15, 0.2) is 97.1 Å². The van der Waals surface area contributed by atoms with Crippen LogP contribution in [0.3, 0.4) is 0 Å². The van der Waals surface area contributed by atoms with Gasteiger partial charge in [0.15, 0.2) is 5.11 Å². The summed E-state index contributed by atoms with van der Waals surface area (Å²) in [5, 5.41) is 6.67. The zero-order valence-corrected chi connectivity index (χ0v) is 18.3. The van der Waals surface area contributed by atoms with Gasteiger partial charge in [0.2, 0.25) is 17.7 Å². The highest BCUT2D eigenvalue weighted by molar-refractivity contribution is 7.80. The van der Waals surface area contributed by atoms with Gasteiger partial charge in [-0.05, 0) is 49.0 Å². The predicted molar refractivity (Wildman–Crippen MR) is 129 cm³/mol. The molecule has 0 bridgehead atoms. The fourth-order valence-electron chi connectivity index (χ4n) is 2.94. The van der Waals surface area contributed by atoms with Crippen molar-refractivity contribution in [2.24, 2.45) is 0 Å². The molecule has 1 aromatic heterocycles. The molecular weight excluding hydrogens is 420 g/mol. The topological polar surface area (TPSA) is 68.3 Å². The van der Waals surface area contributed by atoms with Crippen molar-refractivity contribution < 1.29 is 9.47 Å². The fourth-order valence-corrected chi connectivity index (χ4v) is 3.21. The zero-order chi connectivity index (χ0) is 22.2. The van der Waals surface area contributed by atoms with E-state index in [1.165, 1.54) is 0 Å². The second-order valence-electron chi connectivity index (χ2n) is 6.93. The fraction of sp³-hybridized carbons (Fsp3) is 0.0800. The van der Waals surface area contributed by atoms with Crippen molar-refractivity contribution in [2.75, 3.05) is 5.32 Å². The van der Waals surface area contributed by atoms with Crippen LogP contribution < -0.4 is 20.1 Å². The number of rotatable bonds is 7. The molecule has 2 N–H and O–H groups in total. The quantitative estimate of drug-likeness (QED) is 0.335. The molecule has 6 nitrogen and oxygen atoms in total. The summed E-state index contributed by atoms with van der Waals surface area (Å²) in [6.45, 7) is 2.03. The molecule has 7 heteroatoms. The zero-order valence-electron chi connectivity index (χ0n) is 17.4. The van der Waals surface area contributed by atoms with E-state index in [1.807, 2.05) is 97.9 Å². The van der Waals surface area contributed by atoms with E-state index in [1.54, 1.807) is 6.07 Å². The number of thiocarbonyl (C=S) groups is 1. The van der Waals surface area contributed by atoms with Crippen molar-refractivity contribution in [1.82, 2.24) is 15.3 Å². The third kappa shape index (κ3) is 6.02. The molecule has 160 valence electrons. The molecule has 32 heavy (non-hydrogen) atoms. The van der Waals surface area contributed by atoms with E-state index in [0.29, 0.717) is 28.4 Å². The molecule has 0 aliphatic carbocycles. The Morgan fingerprint density at radius 1 is 0.750 bits per heavy atom. The van der Waals surface area contributed by atoms with E-state index in [4.69, 9.17) is 21.7 Å². The van der Waals surface area contributed by atoms with Gasteiger partial charge >= 0.3 is 0 Å². The van der Waals surface area contributed by atoms with Crippen LogP contribution in [0.25, 0.3) is 0 Å². The Morgan fingerprint density at radius 2 is 1.22 bits per heavy atom. The van der Waals surface area contributed by atoms with Crippen LogP contribution in [0.5, 0.6) is 23.3 Å². The standard InChI is InChI=1S/C25H22N4O2S/c1-18(19-11-5-2-6-12-19)26-25(32)29-24-27-22(30-20-13-7-3-8-14-20)17-23(28-24)31-21-15-9-4-10-16-21/h2-18H,1H3,(H2,26,27,28,29,32)/t18-/m0/s1. The highest BCUT2D eigenvalue weighted by atomic mass is 32.1. The molecule has 1 heterocycles. The lowest BCUT2D eigenvalue weighted by Gasteiger charge is -2.17. The summed E-state index contributed by atoms with van der Waals surface area (Å²) in [5.74, 6) is 2.24. The van der Waals surface area contributed by atoms with Gasteiger partial charge in [-0.3, -0.25) is 0 Å². The molecule has 1 atom stereocenters. The lowest BCUT2D eigenvalue weighted by Crippen LogP contribution is -2.31. The monoisotopic (exact) mass is 442 g/mol. The number of hydrogen-bond donors (Lipinski definition) is 2. The Bertz CT molecular complexity index is 1100. The molecule has 0 aliphatic rings. The van der Waals surface area contributed by atoms with Crippen molar-refractivity contribution in [3.8, 4) is 23.3 Å². The second kappa shape index (κ2) is 10.4. The minimum Gasteiger partial charge on any atom is -0.439 e. The smallest absolute Gasteiger partial charge is 0.235 e. The van der Waals surface area contributed by atoms with Crippen LogP contribution in [-0.4, -0.2) is 15.1 Å². The third-order valence-corrected chi connectivity index (χ3v) is 4.70. The van der Waals surface area contributed by atoms with E-state index in [9.17, 15) is 0 Å². The van der Waals surface area contributed by atoms with E-state index >= 15 is 0 Å². The average molecular weight is 443 g/mol. The van der Waals surface area contributed by atoms with Gasteiger partial charge in [-0.1, -0.05) is 66.7 Å². The number of hydrogen-bond acceptors (Lipinski definition) is 5. The van der Waals surface area contributed by atoms with E-state index in [2.05, 4.69) is 20.6 Å². The Balaban J connectivity index is 1.53. The van der Waals surface area contributed by atoms with Crippen LogP contribution >= 0.6 is 12.2 Å². The first-order valence-corrected chi connectivity index (χ1v) is 10.5. The maximum Gasteiger partial charge on any atom is 0.235 e. The van der Waals surface area contributed by atoms with Crippen molar-refractivity contribution in [1.29, 1.82) is 0 Å². The number of aromatic nitrogens is 2. The summed E-state index contributed by atoms with van der Waals surface area (Å²) in [6.07, 6.45) is 0. The predicted octanol–water partition coefficient (Wildman–Crippen LogP) is 6.11. The van der Waals surface area contributed by atoms with Gasteiger partial charge in [0.1, 0.15) is 11.5 Å². The molecule has 3 aromatic carbocycles. The van der Waals surface area contributed by atoms with Gasteiger partial charge in [0.25, 0.3) is 0 Å². The van der Waals surface area contributed by atoms with Crippen molar-refractivity contribution in [3.63, 3.8) is 0 Å².